The lowest BCUT2D eigenvalue weighted by Gasteiger charge is -2.51. The van der Waals surface area contributed by atoms with E-state index in [4.69, 9.17) is 4.74 Å². The summed E-state index contributed by atoms with van der Waals surface area (Å²) >= 11 is 0. The van der Waals surface area contributed by atoms with Crippen molar-refractivity contribution in [3.05, 3.63) is 54.1 Å². The van der Waals surface area contributed by atoms with Crippen LogP contribution in [0, 0.1) is 11.3 Å². The molecule has 2 amide bonds. The van der Waals surface area contributed by atoms with Crippen molar-refractivity contribution in [2.45, 2.75) is 31.3 Å². The minimum Gasteiger partial charge on any atom is -0.497 e. The van der Waals surface area contributed by atoms with Gasteiger partial charge >= 0.3 is 6.03 Å². The molecule has 146 valence electrons. The number of methoxy groups -OCH3 is 1. The Bertz CT molecular complexity index is 860. The first kappa shape index (κ1) is 19.7. The highest BCUT2D eigenvalue weighted by molar-refractivity contribution is 5.77. The molecule has 1 saturated heterocycles. The van der Waals surface area contributed by atoms with Gasteiger partial charge in [-0.25, -0.2) is 4.79 Å². The molecule has 0 unspecified atom stereocenters. The lowest BCUT2D eigenvalue weighted by Crippen LogP contribution is -2.67. The number of likely N-dealkylation sites (tertiary alicyclic amines) is 1. The molecule has 3 rings (SSSR count). The maximum atomic E-state index is 12.3. The van der Waals surface area contributed by atoms with Crippen molar-refractivity contribution in [1.82, 2.24) is 10.2 Å². The van der Waals surface area contributed by atoms with E-state index in [0.29, 0.717) is 6.54 Å². The van der Waals surface area contributed by atoms with Gasteiger partial charge in [0.25, 0.3) is 0 Å². The Labute approximate surface area is 165 Å². The maximum Gasteiger partial charge on any atom is 0.318 e. The fourth-order valence-electron chi connectivity index (χ4n) is 3.71. The van der Waals surface area contributed by atoms with Gasteiger partial charge in [-0.1, -0.05) is 43.3 Å². The predicted octanol–water partition coefficient (Wildman–Crippen LogP) is 3.13. The second-order valence-electron chi connectivity index (χ2n) is 6.84. The second-order valence-corrected chi connectivity index (χ2v) is 6.84. The topological polar surface area (TPSA) is 85.6 Å². The van der Waals surface area contributed by atoms with E-state index in [0.717, 1.165) is 28.9 Å². The molecule has 2 aromatic carbocycles. The Balaban J connectivity index is 1.80. The summed E-state index contributed by atoms with van der Waals surface area (Å²) in [5.74, 6) is 0.584. The van der Waals surface area contributed by atoms with Gasteiger partial charge in [-0.05, 0) is 35.2 Å². The number of hydrogen-bond donors (Lipinski definition) is 2. The third-order valence-electron chi connectivity index (χ3n) is 5.19. The van der Waals surface area contributed by atoms with E-state index >= 15 is 0 Å². The fraction of sp³-hybridized carbons (Fsp3) is 0.364. The Morgan fingerprint density at radius 3 is 2.61 bits per heavy atom. The number of nitrogens with zero attached hydrogens (tertiary/aromatic N) is 2. The van der Waals surface area contributed by atoms with Gasteiger partial charge in [0.05, 0.1) is 25.8 Å². The Hall–Kier alpha value is -3.04. The van der Waals surface area contributed by atoms with Crippen LogP contribution < -0.4 is 10.1 Å². The average Bonchev–Trinajstić information content (AvgIpc) is 2.72. The van der Waals surface area contributed by atoms with Crippen molar-refractivity contribution < 1.29 is 14.6 Å². The SMILES string of the molecule is CCCNC(=O)N1[C@H](C#N)[C@@H](c2ccc(-c3cccc(OC)c3)cc2)[C@@H]1CO. The highest BCUT2D eigenvalue weighted by Crippen LogP contribution is 2.41. The van der Waals surface area contributed by atoms with Crippen molar-refractivity contribution in [2.75, 3.05) is 20.3 Å². The number of rotatable bonds is 6. The van der Waals surface area contributed by atoms with Crippen LogP contribution >= 0.6 is 0 Å². The zero-order chi connectivity index (χ0) is 20.1. The number of aliphatic hydroxyl groups excluding tert-OH is 1. The Kier molecular flexibility index (Phi) is 6.17. The molecule has 28 heavy (non-hydrogen) atoms. The van der Waals surface area contributed by atoms with Crippen LogP contribution in [0.2, 0.25) is 0 Å². The number of nitrogens with one attached hydrogen (secondary N) is 1. The first-order valence-electron chi connectivity index (χ1n) is 9.45. The average molecular weight is 379 g/mol. The van der Waals surface area contributed by atoms with Gasteiger partial charge < -0.3 is 20.1 Å². The van der Waals surface area contributed by atoms with Crippen molar-refractivity contribution in [1.29, 1.82) is 5.26 Å². The molecule has 6 heteroatoms. The summed E-state index contributed by atoms with van der Waals surface area (Å²) in [7, 11) is 1.64. The number of benzene rings is 2. The maximum absolute atomic E-state index is 12.3. The molecule has 6 nitrogen and oxygen atoms in total. The third kappa shape index (κ3) is 3.67. The summed E-state index contributed by atoms with van der Waals surface area (Å²) in [6.45, 7) is 2.33. The number of urea groups is 1. The van der Waals surface area contributed by atoms with Gasteiger partial charge in [-0.2, -0.15) is 5.26 Å². The van der Waals surface area contributed by atoms with Crippen molar-refractivity contribution in [2.24, 2.45) is 0 Å². The van der Waals surface area contributed by atoms with Gasteiger partial charge in [-0.15, -0.1) is 0 Å². The number of carbonyl (C=O) groups excluding carboxylic acids is 1. The normalized spacial score (nSPS) is 20.8. The summed E-state index contributed by atoms with van der Waals surface area (Å²) < 4.78 is 5.28. The van der Waals surface area contributed by atoms with Crippen LogP contribution in [0.5, 0.6) is 5.75 Å². The van der Waals surface area contributed by atoms with E-state index < -0.39 is 12.1 Å². The molecule has 0 bridgehead atoms. The molecule has 1 heterocycles. The smallest absolute Gasteiger partial charge is 0.318 e. The monoisotopic (exact) mass is 379 g/mol. The number of hydrogen-bond acceptors (Lipinski definition) is 4. The molecular formula is C22H25N3O3. The lowest BCUT2D eigenvalue weighted by molar-refractivity contribution is 0.0169. The number of ether oxygens (including phenoxy) is 1. The van der Waals surface area contributed by atoms with Crippen molar-refractivity contribution in [3.8, 4) is 22.9 Å². The fourth-order valence-corrected chi connectivity index (χ4v) is 3.71. The van der Waals surface area contributed by atoms with E-state index in [9.17, 15) is 15.2 Å². The number of nitriles is 1. The molecule has 0 spiro atoms. The highest BCUT2D eigenvalue weighted by atomic mass is 16.5. The second kappa shape index (κ2) is 8.77. The summed E-state index contributed by atoms with van der Waals surface area (Å²) in [6.07, 6.45) is 0.815. The number of carbonyl (C=O) groups is 1. The van der Waals surface area contributed by atoms with E-state index in [1.807, 2.05) is 55.5 Å². The summed E-state index contributed by atoms with van der Waals surface area (Å²) in [6, 6.07) is 16.7. The Morgan fingerprint density at radius 1 is 1.25 bits per heavy atom. The standard InChI is InChI=1S/C22H25N3O3/c1-3-11-24-22(27)25-19(13-23)21(20(25)14-26)16-9-7-15(8-10-16)17-5-4-6-18(12-17)28-2/h4-10,12,19-21,26H,3,11,14H2,1-2H3,(H,24,27)/t19-,20+,21-/m1/s1. The van der Waals surface area contributed by atoms with Gasteiger partial charge in [-0.3, -0.25) is 0 Å². The first-order valence-corrected chi connectivity index (χ1v) is 9.45. The van der Waals surface area contributed by atoms with Gasteiger partial charge in [0, 0.05) is 12.5 Å². The molecule has 2 aromatic rings. The third-order valence-corrected chi connectivity index (χ3v) is 5.19. The largest absolute Gasteiger partial charge is 0.497 e. The van der Waals surface area contributed by atoms with Gasteiger partial charge in [0.1, 0.15) is 11.8 Å². The van der Waals surface area contributed by atoms with E-state index in [2.05, 4.69) is 11.4 Å². The van der Waals surface area contributed by atoms with Gasteiger partial charge in [0.15, 0.2) is 0 Å². The van der Waals surface area contributed by atoms with Crippen molar-refractivity contribution in [3.63, 3.8) is 0 Å². The van der Waals surface area contributed by atoms with E-state index in [1.165, 1.54) is 4.90 Å². The lowest BCUT2D eigenvalue weighted by atomic mass is 9.76. The van der Waals surface area contributed by atoms with Crippen LogP contribution in [0.25, 0.3) is 11.1 Å². The van der Waals surface area contributed by atoms with Crippen LogP contribution in [-0.4, -0.2) is 48.4 Å². The van der Waals surface area contributed by atoms with Crippen LogP contribution in [0.15, 0.2) is 48.5 Å². The van der Waals surface area contributed by atoms with Crippen LogP contribution in [0.4, 0.5) is 4.79 Å². The minimum absolute atomic E-state index is 0.181. The molecule has 1 aliphatic heterocycles. The summed E-state index contributed by atoms with van der Waals surface area (Å²) in [5, 5.41) is 22.2. The molecule has 2 N–H and O–H groups in total. The first-order chi connectivity index (χ1) is 13.6. The number of amides is 2. The number of aliphatic hydroxyl groups is 1. The Morgan fingerprint density at radius 2 is 2.00 bits per heavy atom. The zero-order valence-corrected chi connectivity index (χ0v) is 16.1. The molecule has 0 radical (unpaired) electrons. The van der Waals surface area contributed by atoms with E-state index in [-0.39, 0.29) is 18.6 Å². The molecule has 1 aliphatic rings. The molecular weight excluding hydrogens is 354 g/mol. The molecule has 3 atom stereocenters. The van der Waals surface area contributed by atoms with Crippen LogP contribution in [0.3, 0.4) is 0 Å². The predicted molar refractivity (Wildman–Crippen MR) is 107 cm³/mol. The van der Waals surface area contributed by atoms with Crippen LogP contribution in [0.1, 0.15) is 24.8 Å². The molecule has 0 aromatic heterocycles. The minimum atomic E-state index is -0.586. The molecule has 0 aliphatic carbocycles. The van der Waals surface area contributed by atoms with E-state index in [1.54, 1.807) is 7.11 Å². The molecule has 1 fully saturated rings. The van der Waals surface area contributed by atoms with Crippen LogP contribution in [-0.2, 0) is 0 Å². The van der Waals surface area contributed by atoms with Gasteiger partial charge in [0.2, 0.25) is 0 Å². The summed E-state index contributed by atoms with van der Waals surface area (Å²) in [4.78, 5) is 13.8. The zero-order valence-electron chi connectivity index (χ0n) is 16.1. The quantitative estimate of drug-likeness (QED) is 0.807. The van der Waals surface area contributed by atoms with Crippen molar-refractivity contribution >= 4 is 6.03 Å². The summed E-state index contributed by atoms with van der Waals surface area (Å²) in [5.41, 5.74) is 3.01. The molecule has 0 saturated carbocycles. The highest BCUT2D eigenvalue weighted by Gasteiger charge is 2.51.